The van der Waals surface area contributed by atoms with Crippen LogP contribution in [0.1, 0.15) is 13.8 Å². The first-order valence-electron chi connectivity index (χ1n) is 6.02. The highest BCUT2D eigenvalue weighted by molar-refractivity contribution is 5.32. The molecule has 0 bridgehead atoms. The summed E-state index contributed by atoms with van der Waals surface area (Å²) in [6.45, 7) is 11.4. The second-order valence-corrected chi connectivity index (χ2v) is 3.60. The van der Waals surface area contributed by atoms with E-state index in [2.05, 4.69) is 30.2 Å². The van der Waals surface area contributed by atoms with Crippen molar-refractivity contribution in [1.29, 1.82) is 0 Å². The summed E-state index contributed by atoms with van der Waals surface area (Å²) in [7, 11) is 2.03. The van der Waals surface area contributed by atoms with Crippen LogP contribution in [0.25, 0.3) is 0 Å². The van der Waals surface area contributed by atoms with Gasteiger partial charge in [-0.15, -0.1) is 0 Å². The van der Waals surface area contributed by atoms with Crippen LogP contribution < -0.4 is 0 Å². The smallest absolute Gasteiger partial charge is 0.0407 e. The van der Waals surface area contributed by atoms with E-state index in [1.54, 1.807) is 12.2 Å². The predicted molar refractivity (Wildman–Crippen MR) is 83.1 cm³/mol. The summed E-state index contributed by atoms with van der Waals surface area (Å²) in [6, 6.07) is 0. The summed E-state index contributed by atoms with van der Waals surface area (Å²) in [5.74, 6) is 0. The van der Waals surface area contributed by atoms with E-state index in [1.807, 2.05) is 57.4 Å². The first-order chi connectivity index (χ1) is 8.71. The average molecular weight is 241 g/mol. The molecule has 18 heavy (non-hydrogen) atoms. The molecule has 0 saturated heterocycles. The molecule has 0 aliphatic heterocycles. The fourth-order valence-corrected chi connectivity index (χ4v) is 1.36. The Balaban J connectivity index is 5.30. The molecule has 0 heterocycles. The van der Waals surface area contributed by atoms with Crippen LogP contribution in [0, 0.1) is 0 Å². The molecule has 0 saturated carbocycles. The van der Waals surface area contributed by atoms with E-state index in [0.29, 0.717) is 0 Å². The third kappa shape index (κ3) is 5.90. The van der Waals surface area contributed by atoms with Crippen molar-refractivity contribution in [2.75, 3.05) is 7.05 Å². The van der Waals surface area contributed by atoms with Crippen molar-refractivity contribution in [2.45, 2.75) is 13.8 Å². The van der Waals surface area contributed by atoms with Crippen molar-refractivity contribution >= 4 is 0 Å². The first kappa shape index (κ1) is 16.0. The summed E-state index contributed by atoms with van der Waals surface area (Å²) < 4.78 is 0. The highest BCUT2D eigenvalue weighted by Gasteiger charge is 2.03. The molecule has 0 radical (unpaired) electrons. The molecule has 0 aromatic rings. The standard InChI is InChI=1S/C17H23N/c1-6-10-14-16(12-8-3)18(5)17(13-9-4)15-11-7-2/h6-15H,1,3H2,2,4-5H3/b11-7-,13-9-,14-10-,16-12+,17-15+. The van der Waals surface area contributed by atoms with Gasteiger partial charge in [-0.1, -0.05) is 49.6 Å². The topological polar surface area (TPSA) is 3.24 Å². The molecule has 0 rings (SSSR count). The van der Waals surface area contributed by atoms with E-state index < -0.39 is 0 Å². The predicted octanol–water partition coefficient (Wildman–Crippen LogP) is 4.77. The van der Waals surface area contributed by atoms with Crippen LogP contribution in [0.5, 0.6) is 0 Å². The van der Waals surface area contributed by atoms with Gasteiger partial charge in [-0.25, -0.2) is 0 Å². The molecule has 0 fully saturated rings. The van der Waals surface area contributed by atoms with Gasteiger partial charge in [0.1, 0.15) is 0 Å². The van der Waals surface area contributed by atoms with Gasteiger partial charge in [-0.2, -0.15) is 0 Å². The van der Waals surface area contributed by atoms with Crippen molar-refractivity contribution in [3.8, 4) is 0 Å². The normalized spacial score (nSPS) is 13.7. The van der Waals surface area contributed by atoms with Crippen molar-refractivity contribution < 1.29 is 0 Å². The maximum Gasteiger partial charge on any atom is 0.0407 e. The molecule has 0 unspecified atom stereocenters. The van der Waals surface area contributed by atoms with Crippen LogP contribution >= 0.6 is 0 Å². The van der Waals surface area contributed by atoms with Crippen molar-refractivity contribution in [2.24, 2.45) is 0 Å². The van der Waals surface area contributed by atoms with Crippen LogP contribution in [0.15, 0.2) is 85.3 Å². The van der Waals surface area contributed by atoms with Crippen molar-refractivity contribution in [3.05, 3.63) is 85.3 Å². The Hall–Kier alpha value is -2.02. The highest BCUT2D eigenvalue weighted by Crippen LogP contribution is 2.14. The Kier molecular flexibility index (Phi) is 9.01. The number of nitrogens with zero attached hydrogens (tertiary/aromatic N) is 1. The summed E-state index contributed by atoms with van der Waals surface area (Å²) in [4.78, 5) is 2.10. The third-order valence-electron chi connectivity index (χ3n) is 2.26. The number of allylic oxidation sites excluding steroid dienone is 10. The van der Waals surface area contributed by atoms with E-state index in [1.165, 1.54) is 0 Å². The maximum atomic E-state index is 3.74. The Labute approximate surface area is 112 Å². The molecule has 0 aliphatic carbocycles. The van der Waals surface area contributed by atoms with Crippen molar-refractivity contribution in [1.82, 2.24) is 4.90 Å². The molecule has 0 aromatic carbocycles. The van der Waals surface area contributed by atoms with E-state index in [0.717, 1.165) is 11.4 Å². The second-order valence-electron chi connectivity index (χ2n) is 3.60. The summed E-state index contributed by atoms with van der Waals surface area (Å²) in [5.41, 5.74) is 2.16. The lowest BCUT2D eigenvalue weighted by Gasteiger charge is -2.21. The molecule has 96 valence electrons. The van der Waals surface area contributed by atoms with Crippen LogP contribution in [-0.2, 0) is 0 Å². The minimum Gasteiger partial charge on any atom is -0.345 e. The Morgan fingerprint density at radius 1 is 0.833 bits per heavy atom. The van der Waals surface area contributed by atoms with Gasteiger partial charge in [0.25, 0.3) is 0 Å². The minimum atomic E-state index is 1.05. The first-order valence-corrected chi connectivity index (χ1v) is 6.02. The van der Waals surface area contributed by atoms with Crippen LogP contribution in [-0.4, -0.2) is 11.9 Å². The van der Waals surface area contributed by atoms with Gasteiger partial charge in [0.15, 0.2) is 0 Å². The molecule has 0 amide bonds. The quantitative estimate of drug-likeness (QED) is 0.580. The van der Waals surface area contributed by atoms with Gasteiger partial charge >= 0.3 is 0 Å². The number of likely N-dealkylation sites (N-methyl/N-ethyl adjacent to an activating group) is 1. The summed E-state index contributed by atoms with van der Waals surface area (Å²) in [6.07, 6.45) is 19.6. The Morgan fingerprint density at radius 2 is 1.50 bits per heavy atom. The van der Waals surface area contributed by atoms with E-state index in [-0.39, 0.29) is 0 Å². The zero-order valence-electron chi connectivity index (χ0n) is 11.6. The lowest BCUT2D eigenvalue weighted by molar-refractivity contribution is 0.554. The summed E-state index contributed by atoms with van der Waals surface area (Å²) in [5, 5.41) is 0. The number of hydrogen-bond donors (Lipinski definition) is 0. The lowest BCUT2D eigenvalue weighted by atomic mass is 10.2. The molecule has 0 atom stereocenters. The van der Waals surface area contributed by atoms with Gasteiger partial charge in [-0.3, -0.25) is 0 Å². The van der Waals surface area contributed by atoms with Gasteiger partial charge in [-0.05, 0) is 38.2 Å². The molecule has 0 N–H and O–H groups in total. The van der Waals surface area contributed by atoms with Crippen LogP contribution in [0.4, 0.5) is 0 Å². The SMILES string of the molecule is C=C/C=C\C(=C/C=C)N(C)C(/C=C\C)=C/C=C\C. The lowest BCUT2D eigenvalue weighted by Crippen LogP contribution is -2.14. The number of rotatable bonds is 7. The van der Waals surface area contributed by atoms with Gasteiger partial charge in [0.2, 0.25) is 0 Å². The average Bonchev–Trinajstić information content (AvgIpc) is 2.38. The van der Waals surface area contributed by atoms with Gasteiger partial charge in [0, 0.05) is 18.4 Å². The third-order valence-corrected chi connectivity index (χ3v) is 2.26. The summed E-state index contributed by atoms with van der Waals surface area (Å²) >= 11 is 0. The Bertz CT molecular complexity index is 401. The largest absolute Gasteiger partial charge is 0.345 e. The van der Waals surface area contributed by atoms with Crippen molar-refractivity contribution in [3.63, 3.8) is 0 Å². The monoisotopic (exact) mass is 241 g/mol. The molecular formula is C17H23N. The fraction of sp³-hybridized carbons (Fsp3) is 0.176. The zero-order valence-corrected chi connectivity index (χ0v) is 11.6. The maximum absolute atomic E-state index is 3.74. The minimum absolute atomic E-state index is 1.05. The molecule has 0 aromatic heterocycles. The molecule has 0 aliphatic rings. The van der Waals surface area contributed by atoms with E-state index >= 15 is 0 Å². The van der Waals surface area contributed by atoms with E-state index in [4.69, 9.17) is 0 Å². The zero-order chi connectivity index (χ0) is 13.8. The number of hydrogen-bond acceptors (Lipinski definition) is 1. The second kappa shape index (κ2) is 10.2. The highest BCUT2D eigenvalue weighted by atomic mass is 15.1. The van der Waals surface area contributed by atoms with Gasteiger partial charge < -0.3 is 4.90 Å². The van der Waals surface area contributed by atoms with E-state index in [9.17, 15) is 0 Å². The molecule has 1 nitrogen and oxygen atoms in total. The fourth-order valence-electron chi connectivity index (χ4n) is 1.36. The molecular weight excluding hydrogens is 218 g/mol. The molecule has 1 heteroatoms. The van der Waals surface area contributed by atoms with Crippen LogP contribution in [0.3, 0.4) is 0 Å². The molecule has 0 spiro atoms. The van der Waals surface area contributed by atoms with Crippen LogP contribution in [0.2, 0.25) is 0 Å². The Morgan fingerprint density at radius 3 is 2.00 bits per heavy atom. The van der Waals surface area contributed by atoms with Gasteiger partial charge in [0.05, 0.1) is 0 Å².